The number of para-hydroxylation sites is 1. The third-order valence-electron chi connectivity index (χ3n) is 7.56. The van der Waals surface area contributed by atoms with E-state index in [0.29, 0.717) is 23.7 Å². The van der Waals surface area contributed by atoms with E-state index in [1.54, 1.807) is 30.0 Å². The van der Waals surface area contributed by atoms with Crippen LogP contribution in [0.2, 0.25) is 0 Å². The van der Waals surface area contributed by atoms with Crippen molar-refractivity contribution in [1.82, 2.24) is 4.90 Å². The molecular formula is C35H50N2O4S. The highest BCUT2D eigenvalue weighted by Gasteiger charge is 2.16. The van der Waals surface area contributed by atoms with Crippen molar-refractivity contribution >= 4 is 29.1 Å². The van der Waals surface area contributed by atoms with Crippen molar-refractivity contribution in [3.63, 3.8) is 0 Å². The molecule has 1 aliphatic rings. The van der Waals surface area contributed by atoms with Crippen molar-refractivity contribution in [3.05, 3.63) is 64.7 Å². The fourth-order valence-corrected chi connectivity index (χ4v) is 5.96. The average molecular weight is 595 g/mol. The number of rotatable bonds is 21. The van der Waals surface area contributed by atoms with Crippen molar-refractivity contribution in [1.29, 1.82) is 0 Å². The summed E-state index contributed by atoms with van der Waals surface area (Å²) in [4.78, 5) is 27.2. The minimum absolute atomic E-state index is 0.0899. The summed E-state index contributed by atoms with van der Waals surface area (Å²) in [6, 6.07) is 13.1. The molecule has 0 radical (unpaired) electrons. The quantitative estimate of drug-likeness (QED) is 0.115. The zero-order valence-corrected chi connectivity index (χ0v) is 26.7. The molecule has 0 saturated carbocycles. The number of carbonyl (C=O) groups excluding carboxylic acids is 2. The maximum absolute atomic E-state index is 12.6. The van der Waals surface area contributed by atoms with Crippen LogP contribution in [0.5, 0.6) is 11.5 Å². The Balaban J connectivity index is 1.38. The fourth-order valence-electron chi connectivity index (χ4n) is 5.02. The topological polar surface area (TPSA) is 67.9 Å². The van der Waals surface area contributed by atoms with Crippen LogP contribution in [-0.2, 0) is 11.3 Å². The number of thioether (sulfide) groups is 1. The van der Waals surface area contributed by atoms with E-state index in [9.17, 15) is 9.59 Å². The van der Waals surface area contributed by atoms with Gasteiger partial charge in [0.05, 0.1) is 18.0 Å². The highest BCUT2D eigenvalue weighted by Crippen LogP contribution is 2.32. The summed E-state index contributed by atoms with van der Waals surface area (Å²) in [5.74, 6) is 1.46. The number of unbranched alkanes of at least 4 members (excludes halogenated alkanes) is 11. The molecule has 230 valence electrons. The number of hydrogen-bond donors (Lipinski definition) is 1. The summed E-state index contributed by atoms with van der Waals surface area (Å²) < 4.78 is 11.9. The van der Waals surface area contributed by atoms with E-state index in [1.807, 2.05) is 24.3 Å². The van der Waals surface area contributed by atoms with E-state index in [2.05, 4.69) is 29.5 Å². The van der Waals surface area contributed by atoms with Crippen LogP contribution in [0.25, 0.3) is 0 Å². The molecule has 0 aromatic heterocycles. The largest absolute Gasteiger partial charge is 0.489 e. The lowest BCUT2D eigenvalue weighted by molar-refractivity contribution is -0.118. The SMILES string of the molecule is CCCCCCCCCCCCCCOc1c(OCC(=O)Nc2ccc(CN3CSC=C3C)cc2)cccc1C(C)=O. The molecular weight excluding hydrogens is 544 g/mol. The van der Waals surface area contributed by atoms with Gasteiger partial charge in [-0.15, -0.1) is 11.8 Å². The summed E-state index contributed by atoms with van der Waals surface area (Å²) in [6.07, 6.45) is 15.3. The van der Waals surface area contributed by atoms with Gasteiger partial charge in [0.2, 0.25) is 0 Å². The molecule has 0 bridgehead atoms. The van der Waals surface area contributed by atoms with Crippen LogP contribution < -0.4 is 14.8 Å². The molecule has 0 aliphatic carbocycles. The molecule has 2 aromatic carbocycles. The predicted octanol–water partition coefficient (Wildman–Crippen LogP) is 9.35. The van der Waals surface area contributed by atoms with Crippen LogP contribution >= 0.6 is 11.8 Å². The van der Waals surface area contributed by atoms with Crippen LogP contribution in [0, 0.1) is 0 Å². The highest BCUT2D eigenvalue weighted by molar-refractivity contribution is 8.02. The minimum Gasteiger partial charge on any atom is -0.489 e. The predicted molar refractivity (Wildman–Crippen MR) is 175 cm³/mol. The van der Waals surface area contributed by atoms with Gasteiger partial charge in [0.15, 0.2) is 23.9 Å². The number of hydrogen-bond acceptors (Lipinski definition) is 6. The third-order valence-corrected chi connectivity index (χ3v) is 8.52. The van der Waals surface area contributed by atoms with E-state index in [-0.39, 0.29) is 18.3 Å². The summed E-state index contributed by atoms with van der Waals surface area (Å²) in [5, 5.41) is 5.07. The van der Waals surface area contributed by atoms with Crippen LogP contribution in [0.15, 0.2) is 53.6 Å². The van der Waals surface area contributed by atoms with Gasteiger partial charge in [0.1, 0.15) is 0 Å². The number of nitrogens with one attached hydrogen (secondary N) is 1. The molecule has 2 aromatic rings. The van der Waals surface area contributed by atoms with Crippen molar-refractivity contribution in [3.8, 4) is 11.5 Å². The molecule has 0 spiro atoms. The Hall–Kier alpha value is -2.93. The van der Waals surface area contributed by atoms with Crippen molar-refractivity contribution in [2.75, 3.05) is 24.4 Å². The van der Waals surface area contributed by atoms with Gasteiger partial charge >= 0.3 is 0 Å². The highest BCUT2D eigenvalue weighted by atomic mass is 32.2. The first-order chi connectivity index (χ1) is 20.5. The summed E-state index contributed by atoms with van der Waals surface area (Å²) in [5.41, 5.74) is 3.66. The Bertz CT molecular complexity index is 1130. The molecule has 1 aliphatic heterocycles. The summed E-state index contributed by atoms with van der Waals surface area (Å²) in [7, 11) is 0. The molecule has 1 heterocycles. The Kier molecular flexibility index (Phi) is 15.4. The zero-order valence-electron chi connectivity index (χ0n) is 25.9. The number of nitrogens with zero attached hydrogens (tertiary/aromatic N) is 1. The van der Waals surface area contributed by atoms with E-state index in [0.717, 1.165) is 31.0 Å². The van der Waals surface area contributed by atoms with Gasteiger partial charge in [0, 0.05) is 17.9 Å². The lowest BCUT2D eigenvalue weighted by Crippen LogP contribution is -2.21. The lowest BCUT2D eigenvalue weighted by atomic mass is 10.1. The van der Waals surface area contributed by atoms with Crippen molar-refractivity contribution in [2.24, 2.45) is 0 Å². The smallest absolute Gasteiger partial charge is 0.262 e. The van der Waals surface area contributed by atoms with Crippen LogP contribution in [0.4, 0.5) is 5.69 Å². The van der Waals surface area contributed by atoms with E-state index in [4.69, 9.17) is 9.47 Å². The second-order valence-electron chi connectivity index (χ2n) is 11.2. The average Bonchev–Trinajstić information content (AvgIpc) is 3.39. The van der Waals surface area contributed by atoms with E-state index in [1.165, 1.54) is 82.4 Å². The molecule has 1 N–H and O–H groups in total. The van der Waals surface area contributed by atoms with Gasteiger partial charge in [-0.2, -0.15) is 0 Å². The molecule has 0 unspecified atom stereocenters. The van der Waals surface area contributed by atoms with Crippen molar-refractivity contribution < 1.29 is 19.1 Å². The number of ether oxygens (including phenoxy) is 2. The van der Waals surface area contributed by atoms with Gasteiger partial charge in [-0.1, -0.05) is 95.8 Å². The Morgan fingerprint density at radius 3 is 2.10 bits per heavy atom. The first kappa shape index (κ1) is 33.6. The molecule has 0 saturated heterocycles. The second kappa shape index (κ2) is 19.3. The van der Waals surface area contributed by atoms with Crippen molar-refractivity contribution in [2.45, 2.75) is 104 Å². The van der Waals surface area contributed by atoms with E-state index < -0.39 is 0 Å². The molecule has 0 fully saturated rings. The second-order valence-corrected chi connectivity index (χ2v) is 12.0. The Labute approximate surface area is 257 Å². The fraction of sp³-hybridized carbons (Fsp3) is 0.543. The number of benzene rings is 2. The first-order valence-corrected chi connectivity index (χ1v) is 16.8. The zero-order chi connectivity index (χ0) is 30.0. The lowest BCUT2D eigenvalue weighted by Gasteiger charge is -2.19. The Morgan fingerprint density at radius 1 is 0.857 bits per heavy atom. The van der Waals surface area contributed by atoms with E-state index >= 15 is 0 Å². The van der Waals surface area contributed by atoms with Gasteiger partial charge < -0.3 is 19.7 Å². The maximum atomic E-state index is 12.6. The Morgan fingerprint density at radius 2 is 1.50 bits per heavy atom. The summed E-state index contributed by atoms with van der Waals surface area (Å²) >= 11 is 1.81. The molecule has 3 rings (SSSR count). The third kappa shape index (κ3) is 12.1. The molecule has 6 nitrogen and oxygen atoms in total. The monoisotopic (exact) mass is 594 g/mol. The number of Topliss-reactive ketones (excluding diaryl/α,β-unsaturated/α-hetero) is 1. The number of ketones is 1. The molecule has 1 amide bonds. The molecule has 0 atom stereocenters. The van der Waals surface area contributed by atoms with Gasteiger partial charge in [-0.25, -0.2) is 0 Å². The molecule has 7 heteroatoms. The first-order valence-electron chi connectivity index (χ1n) is 15.8. The normalized spacial score (nSPS) is 12.7. The van der Waals surface area contributed by atoms with Gasteiger partial charge in [-0.05, 0) is 55.5 Å². The molecule has 42 heavy (non-hydrogen) atoms. The number of carbonyl (C=O) groups is 2. The standard InChI is InChI=1S/C35H50N2O4S/c1-4-5-6-7-8-9-10-11-12-13-14-15-23-40-35-32(29(3)38)17-16-18-33(35)41-25-34(39)36-31-21-19-30(20-22-31)24-37-27-42-26-28(37)2/h16-22,26H,4-15,23-25,27H2,1-3H3,(H,36,39). The number of anilines is 1. The maximum Gasteiger partial charge on any atom is 0.262 e. The summed E-state index contributed by atoms with van der Waals surface area (Å²) in [6.45, 7) is 7.09. The van der Waals surface area contributed by atoms with Gasteiger partial charge in [0.25, 0.3) is 5.91 Å². The van der Waals surface area contributed by atoms with Crippen LogP contribution in [-0.4, -0.2) is 35.7 Å². The van der Waals surface area contributed by atoms with Gasteiger partial charge in [-0.3, -0.25) is 9.59 Å². The van der Waals surface area contributed by atoms with Crippen LogP contribution in [0.1, 0.15) is 114 Å². The minimum atomic E-state index is -0.266. The number of amides is 1. The number of allylic oxidation sites excluding steroid dienone is 1. The van der Waals surface area contributed by atoms with Crippen LogP contribution in [0.3, 0.4) is 0 Å².